The third-order valence-electron chi connectivity index (χ3n) is 1.63. The number of nitrogen functional groups attached to an aromatic ring is 1. The molecule has 0 fully saturated rings. The fourth-order valence-electron chi connectivity index (χ4n) is 0.927. The predicted molar refractivity (Wildman–Crippen MR) is 50.3 cm³/mol. The van der Waals surface area contributed by atoms with E-state index in [1.165, 1.54) is 0 Å². The zero-order chi connectivity index (χ0) is 12.3. The van der Waals surface area contributed by atoms with Crippen LogP contribution in [-0.4, -0.2) is 16.1 Å². The minimum atomic E-state index is -4.58. The number of hydrogen-bond donors (Lipinski definition) is 2. The maximum atomic E-state index is 12.3. The Bertz CT molecular complexity index is 441. The van der Waals surface area contributed by atoms with Crippen molar-refractivity contribution in [3.8, 4) is 0 Å². The summed E-state index contributed by atoms with van der Waals surface area (Å²) in [5, 5.41) is 8.32. The minimum Gasteiger partial charge on any atom is -0.478 e. The summed E-state index contributed by atoms with van der Waals surface area (Å²) in [6.07, 6.45) is -3.01. The molecule has 1 rings (SSSR count). The zero-order valence-corrected chi connectivity index (χ0v) is 7.82. The van der Waals surface area contributed by atoms with Crippen LogP contribution in [-0.2, 0) is 11.0 Å². The molecule has 0 bridgehead atoms. The molecular weight excluding hydrogens is 225 g/mol. The summed E-state index contributed by atoms with van der Waals surface area (Å²) >= 11 is 0. The highest BCUT2D eigenvalue weighted by atomic mass is 19.4. The zero-order valence-electron chi connectivity index (χ0n) is 7.82. The van der Waals surface area contributed by atoms with E-state index < -0.39 is 17.8 Å². The molecular formula is C9H7F3N2O2. The summed E-state index contributed by atoms with van der Waals surface area (Å²) in [7, 11) is 0. The van der Waals surface area contributed by atoms with Crippen LogP contribution < -0.4 is 5.73 Å². The second-order valence-electron chi connectivity index (χ2n) is 2.84. The van der Waals surface area contributed by atoms with Crippen LogP contribution in [0.25, 0.3) is 6.08 Å². The van der Waals surface area contributed by atoms with Gasteiger partial charge in [-0.25, -0.2) is 9.78 Å². The summed E-state index contributed by atoms with van der Waals surface area (Å²) in [5.41, 5.74) is 3.98. The first kappa shape index (κ1) is 12.0. The number of rotatable bonds is 2. The number of aliphatic carboxylic acids is 1. The van der Waals surface area contributed by atoms with Gasteiger partial charge in [0.05, 0.1) is 11.4 Å². The SMILES string of the molecule is Nc1ccc(C(F)(F)F)nc1C=CC(=O)O. The average molecular weight is 232 g/mol. The number of aromatic nitrogens is 1. The standard InChI is InChI=1S/C9H7F3N2O2/c10-9(11,12)7-3-1-5(13)6(14-7)2-4-8(15)16/h1-4H,13H2,(H,15,16). The Morgan fingerprint density at radius 2 is 2.06 bits per heavy atom. The highest BCUT2D eigenvalue weighted by Crippen LogP contribution is 2.28. The number of halogens is 3. The lowest BCUT2D eigenvalue weighted by molar-refractivity contribution is -0.141. The molecule has 0 atom stereocenters. The molecule has 0 aliphatic rings. The lowest BCUT2D eigenvalue weighted by Crippen LogP contribution is -2.09. The highest BCUT2D eigenvalue weighted by Gasteiger charge is 2.32. The first-order chi connectivity index (χ1) is 7.30. The van der Waals surface area contributed by atoms with Gasteiger partial charge in [0.25, 0.3) is 0 Å². The van der Waals surface area contributed by atoms with Gasteiger partial charge >= 0.3 is 12.1 Å². The molecule has 0 amide bonds. The van der Waals surface area contributed by atoms with Crippen molar-refractivity contribution in [2.75, 3.05) is 5.73 Å². The van der Waals surface area contributed by atoms with Crippen LogP contribution in [0.1, 0.15) is 11.4 Å². The molecule has 16 heavy (non-hydrogen) atoms. The second kappa shape index (κ2) is 4.21. The van der Waals surface area contributed by atoms with Crippen LogP contribution in [0.4, 0.5) is 18.9 Å². The molecule has 7 heteroatoms. The number of carbonyl (C=O) groups is 1. The Balaban J connectivity index is 3.14. The third-order valence-corrected chi connectivity index (χ3v) is 1.63. The molecule has 1 heterocycles. The van der Waals surface area contributed by atoms with E-state index in [1.807, 2.05) is 0 Å². The molecule has 0 aliphatic carbocycles. The van der Waals surface area contributed by atoms with Crippen molar-refractivity contribution in [3.63, 3.8) is 0 Å². The third kappa shape index (κ3) is 2.97. The maximum Gasteiger partial charge on any atom is 0.433 e. The first-order valence-electron chi connectivity index (χ1n) is 4.05. The van der Waals surface area contributed by atoms with Crippen molar-refractivity contribution >= 4 is 17.7 Å². The Hall–Kier alpha value is -2.05. The molecule has 0 aliphatic heterocycles. The molecule has 4 nitrogen and oxygen atoms in total. The molecule has 0 saturated heterocycles. The van der Waals surface area contributed by atoms with Crippen molar-refractivity contribution in [3.05, 3.63) is 29.6 Å². The number of nitrogens with two attached hydrogens (primary N) is 1. The predicted octanol–water partition coefficient (Wildman–Crippen LogP) is 1.78. The summed E-state index contributed by atoms with van der Waals surface area (Å²) in [5.74, 6) is -1.29. The number of nitrogens with zero attached hydrogens (tertiary/aromatic N) is 1. The minimum absolute atomic E-state index is 0.0227. The molecule has 3 N–H and O–H groups in total. The molecule has 1 aromatic heterocycles. The van der Waals surface area contributed by atoms with Gasteiger partial charge in [-0.3, -0.25) is 0 Å². The molecule has 0 aromatic carbocycles. The number of carboxylic acid groups (broad SMARTS) is 1. The van der Waals surface area contributed by atoms with Crippen LogP contribution in [0.15, 0.2) is 18.2 Å². The van der Waals surface area contributed by atoms with Crippen LogP contribution >= 0.6 is 0 Å². The van der Waals surface area contributed by atoms with Crippen molar-refractivity contribution in [1.29, 1.82) is 0 Å². The van der Waals surface area contributed by atoms with Gasteiger partial charge < -0.3 is 10.8 Å². The van der Waals surface area contributed by atoms with Gasteiger partial charge in [0.2, 0.25) is 0 Å². The van der Waals surface area contributed by atoms with Gasteiger partial charge in [-0.2, -0.15) is 13.2 Å². The summed E-state index contributed by atoms with van der Waals surface area (Å²) in [4.78, 5) is 13.4. The highest BCUT2D eigenvalue weighted by molar-refractivity contribution is 5.86. The first-order valence-corrected chi connectivity index (χ1v) is 4.05. The van der Waals surface area contributed by atoms with E-state index in [2.05, 4.69) is 4.98 Å². The van der Waals surface area contributed by atoms with Crippen LogP contribution in [0.2, 0.25) is 0 Å². The van der Waals surface area contributed by atoms with E-state index in [0.717, 1.165) is 18.2 Å². The van der Waals surface area contributed by atoms with Gasteiger partial charge in [0.15, 0.2) is 0 Å². The Morgan fingerprint density at radius 3 is 2.56 bits per heavy atom. The number of alkyl halides is 3. The summed E-state index contributed by atoms with van der Waals surface area (Å²) in [6, 6.07) is 1.75. The van der Waals surface area contributed by atoms with Gasteiger partial charge in [-0.15, -0.1) is 0 Å². The summed E-state index contributed by atoms with van der Waals surface area (Å²) in [6.45, 7) is 0. The van der Waals surface area contributed by atoms with E-state index in [9.17, 15) is 18.0 Å². The number of anilines is 1. The van der Waals surface area contributed by atoms with Gasteiger partial charge in [0.1, 0.15) is 5.69 Å². The van der Waals surface area contributed by atoms with Gasteiger partial charge in [-0.05, 0) is 18.2 Å². The average Bonchev–Trinajstić information content (AvgIpc) is 2.14. The smallest absolute Gasteiger partial charge is 0.433 e. The van der Waals surface area contributed by atoms with E-state index in [-0.39, 0.29) is 11.4 Å². The monoisotopic (exact) mass is 232 g/mol. The number of pyridine rings is 1. The molecule has 86 valence electrons. The normalized spacial score (nSPS) is 11.9. The molecule has 0 unspecified atom stereocenters. The van der Waals surface area contributed by atoms with E-state index in [4.69, 9.17) is 10.8 Å². The van der Waals surface area contributed by atoms with Crippen molar-refractivity contribution in [2.24, 2.45) is 0 Å². The van der Waals surface area contributed by atoms with Crippen molar-refractivity contribution in [1.82, 2.24) is 4.98 Å². The summed E-state index contributed by atoms with van der Waals surface area (Å²) < 4.78 is 36.8. The Kier molecular flexibility index (Phi) is 3.17. The van der Waals surface area contributed by atoms with Gasteiger partial charge in [-0.1, -0.05) is 0 Å². The van der Waals surface area contributed by atoms with Crippen LogP contribution in [0.3, 0.4) is 0 Å². The second-order valence-corrected chi connectivity index (χ2v) is 2.84. The topological polar surface area (TPSA) is 76.2 Å². The quantitative estimate of drug-likeness (QED) is 0.762. The molecule has 0 spiro atoms. The van der Waals surface area contributed by atoms with Crippen molar-refractivity contribution < 1.29 is 23.1 Å². The molecule has 0 saturated carbocycles. The number of carboxylic acids is 1. The van der Waals surface area contributed by atoms with Gasteiger partial charge in [0, 0.05) is 6.08 Å². The molecule has 1 aromatic rings. The number of hydrogen-bond acceptors (Lipinski definition) is 3. The fourth-order valence-corrected chi connectivity index (χ4v) is 0.927. The fraction of sp³-hybridized carbons (Fsp3) is 0.111. The largest absolute Gasteiger partial charge is 0.478 e. The maximum absolute atomic E-state index is 12.3. The van der Waals surface area contributed by atoms with Crippen molar-refractivity contribution in [2.45, 2.75) is 6.18 Å². The van der Waals surface area contributed by atoms with Crippen LogP contribution in [0, 0.1) is 0 Å². The van der Waals surface area contributed by atoms with E-state index >= 15 is 0 Å². The van der Waals surface area contributed by atoms with Crippen LogP contribution in [0.5, 0.6) is 0 Å². The van der Waals surface area contributed by atoms with E-state index in [0.29, 0.717) is 6.08 Å². The lowest BCUT2D eigenvalue weighted by Gasteiger charge is -2.07. The van der Waals surface area contributed by atoms with E-state index in [1.54, 1.807) is 0 Å². The Morgan fingerprint density at radius 1 is 1.44 bits per heavy atom. The Labute approximate surface area is 88.2 Å². The lowest BCUT2D eigenvalue weighted by atomic mass is 10.2. The molecule has 0 radical (unpaired) electrons.